The van der Waals surface area contributed by atoms with Crippen LogP contribution in [-0.2, 0) is 9.59 Å². The fraction of sp³-hybridized carbons (Fsp3) is 0.714. The average Bonchev–Trinajstić information content (AvgIpc) is 1.94. The standard InChI is InChI=1S/C7H11NO3/c1-4-3-8-6(9)2-5(4)7(10)11/h4-5H,2-3H2,1H3,(H,8,9)(H,10,11). The molecule has 62 valence electrons. The number of carboxylic acids is 1. The molecule has 1 aliphatic rings. The van der Waals surface area contributed by atoms with Gasteiger partial charge in [-0.1, -0.05) is 6.92 Å². The van der Waals surface area contributed by atoms with Crippen LogP contribution in [0.1, 0.15) is 13.3 Å². The second-order valence-electron chi connectivity index (χ2n) is 2.93. The van der Waals surface area contributed by atoms with E-state index in [1.165, 1.54) is 0 Å². The molecule has 0 aromatic rings. The van der Waals surface area contributed by atoms with Crippen molar-refractivity contribution in [1.82, 2.24) is 5.32 Å². The zero-order chi connectivity index (χ0) is 8.43. The van der Waals surface area contributed by atoms with Crippen molar-refractivity contribution in [2.24, 2.45) is 11.8 Å². The Hall–Kier alpha value is -1.06. The molecule has 4 nitrogen and oxygen atoms in total. The van der Waals surface area contributed by atoms with Crippen molar-refractivity contribution in [3.05, 3.63) is 0 Å². The molecule has 1 saturated heterocycles. The van der Waals surface area contributed by atoms with Crippen LogP contribution in [0.15, 0.2) is 0 Å². The summed E-state index contributed by atoms with van der Waals surface area (Å²) in [5.41, 5.74) is 0. The normalized spacial score (nSPS) is 31.2. The Morgan fingerprint density at radius 1 is 1.73 bits per heavy atom. The van der Waals surface area contributed by atoms with Gasteiger partial charge in [0.25, 0.3) is 0 Å². The molecule has 0 bridgehead atoms. The summed E-state index contributed by atoms with van der Waals surface area (Å²) >= 11 is 0. The molecule has 1 aliphatic heterocycles. The Balaban J connectivity index is 2.61. The molecule has 0 aromatic carbocycles. The lowest BCUT2D eigenvalue weighted by Gasteiger charge is -2.25. The summed E-state index contributed by atoms with van der Waals surface area (Å²) in [5.74, 6) is -1.48. The summed E-state index contributed by atoms with van der Waals surface area (Å²) in [6.45, 7) is 2.31. The van der Waals surface area contributed by atoms with E-state index in [1.807, 2.05) is 6.92 Å². The van der Waals surface area contributed by atoms with Crippen molar-refractivity contribution in [2.45, 2.75) is 13.3 Å². The van der Waals surface area contributed by atoms with E-state index in [2.05, 4.69) is 5.32 Å². The molecule has 0 aromatic heterocycles. The Morgan fingerprint density at radius 2 is 2.36 bits per heavy atom. The number of piperidine rings is 1. The van der Waals surface area contributed by atoms with Gasteiger partial charge in [-0.25, -0.2) is 0 Å². The highest BCUT2D eigenvalue weighted by Gasteiger charge is 2.31. The van der Waals surface area contributed by atoms with E-state index in [9.17, 15) is 9.59 Å². The van der Waals surface area contributed by atoms with Crippen LogP contribution in [0.4, 0.5) is 0 Å². The molecule has 2 N–H and O–H groups in total. The number of hydrogen-bond donors (Lipinski definition) is 2. The minimum absolute atomic E-state index is 0.0465. The van der Waals surface area contributed by atoms with Gasteiger partial charge >= 0.3 is 5.97 Å². The molecule has 0 radical (unpaired) electrons. The Kier molecular flexibility index (Phi) is 2.12. The van der Waals surface area contributed by atoms with Crippen LogP contribution < -0.4 is 5.32 Å². The molecule has 2 unspecified atom stereocenters. The van der Waals surface area contributed by atoms with Crippen molar-refractivity contribution < 1.29 is 14.7 Å². The lowest BCUT2D eigenvalue weighted by molar-refractivity contribution is -0.147. The number of rotatable bonds is 1. The number of nitrogens with one attached hydrogen (secondary N) is 1. The van der Waals surface area contributed by atoms with Crippen molar-refractivity contribution in [2.75, 3.05) is 6.54 Å². The smallest absolute Gasteiger partial charge is 0.307 e. The maximum atomic E-state index is 10.7. The van der Waals surface area contributed by atoms with Crippen LogP contribution in [0, 0.1) is 11.8 Å². The average molecular weight is 157 g/mol. The molecular weight excluding hydrogens is 146 g/mol. The first-order valence-electron chi connectivity index (χ1n) is 3.60. The van der Waals surface area contributed by atoms with Crippen molar-refractivity contribution in [3.63, 3.8) is 0 Å². The van der Waals surface area contributed by atoms with Gasteiger partial charge < -0.3 is 10.4 Å². The van der Waals surface area contributed by atoms with Gasteiger partial charge in [-0.2, -0.15) is 0 Å². The Bertz CT molecular complexity index is 190. The fourth-order valence-corrected chi connectivity index (χ4v) is 1.22. The Morgan fingerprint density at radius 3 is 2.82 bits per heavy atom. The van der Waals surface area contributed by atoms with E-state index in [0.717, 1.165) is 0 Å². The quantitative estimate of drug-likeness (QED) is 0.556. The van der Waals surface area contributed by atoms with Gasteiger partial charge in [-0.15, -0.1) is 0 Å². The number of carbonyl (C=O) groups excluding carboxylic acids is 1. The van der Waals surface area contributed by atoms with E-state index in [1.54, 1.807) is 0 Å². The highest BCUT2D eigenvalue weighted by molar-refractivity contribution is 5.83. The molecule has 0 aliphatic carbocycles. The number of carboxylic acid groups (broad SMARTS) is 1. The largest absolute Gasteiger partial charge is 0.481 e. The zero-order valence-electron chi connectivity index (χ0n) is 6.33. The molecular formula is C7H11NO3. The minimum Gasteiger partial charge on any atom is -0.481 e. The van der Waals surface area contributed by atoms with Crippen molar-refractivity contribution >= 4 is 11.9 Å². The summed E-state index contributed by atoms with van der Waals surface area (Å²) in [4.78, 5) is 21.3. The van der Waals surface area contributed by atoms with E-state index in [0.29, 0.717) is 6.54 Å². The van der Waals surface area contributed by atoms with Crippen LogP contribution in [0.5, 0.6) is 0 Å². The maximum absolute atomic E-state index is 10.7. The maximum Gasteiger partial charge on any atom is 0.307 e. The molecule has 1 heterocycles. The summed E-state index contributed by atoms with van der Waals surface area (Å²) < 4.78 is 0. The summed E-state index contributed by atoms with van der Waals surface area (Å²) in [6.07, 6.45) is 0.122. The molecule has 4 heteroatoms. The number of carbonyl (C=O) groups is 2. The topological polar surface area (TPSA) is 66.4 Å². The van der Waals surface area contributed by atoms with Gasteiger partial charge in [-0.3, -0.25) is 9.59 Å². The van der Waals surface area contributed by atoms with Gasteiger partial charge in [0, 0.05) is 13.0 Å². The van der Waals surface area contributed by atoms with Gasteiger partial charge in [-0.05, 0) is 5.92 Å². The lowest BCUT2D eigenvalue weighted by atomic mass is 9.88. The fourth-order valence-electron chi connectivity index (χ4n) is 1.22. The molecule has 0 saturated carbocycles. The third kappa shape index (κ3) is 1.69. The van der Waals surface area contributed by atoms with E-state index < -0.39 is 11.9 Å². The second kappa shape index (κ2) is 2.90. The first-order valence-corrected chi connectivity index (χ1v) is 3.60. The van der Waals surface area contributed by atoms with Crippen molar-refractivity contribution in [3.8, 4) is 0 Å². The van der Waals surface area contributed by atoms with Gasteiger partial charge in [0.15, 0.2) is 0 Å². The van der Waals surface area contributed by atoms with Crippen LogP contribution in [0.25, 0.3) is 0 Å². The summed E-state index contributed by atoms with van der Waals surface area (Å²) in [5, 5.41) is 11.3. The minimum atomic E-state index is -0.868. The third-order valence-corrected chi connectivity index (χ3v) is 2.03. The van der Waals surface area contributed by atoms with Crippen LogP contribution in [0.3, 0.4) is 0 Å². The van der Waals surface area contributed by atoms with Crippen LogP contribution in [0.2, 0.25) is 0 Å². The van der Waals surface area contributed by atoms with Crippen LogP contribution >= 0.6 is 0 Å². The number of hydrogen-bond acceptors (Lipinski definition) is 2. The third-order valence-electron chi connectivity index (χ3n) is 2.03. The summed E-state index contributed by atoms with van der Waals surface area (Å²) in [6, 6.07) is 0. The van der Waals surface area contributed by atoms with E-state index in [4.69, 9.17) is 5.11 Å². The first kappa shape index (κ1) is 8.04. The first-order chi connectivity index (χ1) is 5.11. The highest BCUT2D eigenvalue weighted by Crippen LogP contribution is 2.18. The van der Waals surface area contributed by atoms with Gasteiger partial charge in [0.05, 0.1) is 5.92 Å². The monoisotopic (exact) mass is 157 g/mol. The van der Waals surface area contributed by atoms with Crippen molar-refractivity contribution in [1.29, 1.82) is 0 Å². The zero-order valence-corrected chi connectivity index (χ0v) is 6.33. The molecule has 2 atom stereocenters. The number of aliphatic carboxylic acids is 1. The SMILES string of the molecule is CC1CNC(=O)CC1C(=O)O. The molecule has 1 fully saturated rings. The van der Waals surface area contributed by atoms with Gasteiger partial charge in [0.2, 0.25) is 5.91 Å². The molecule has 1 amide bonds. The van der Waals surface area contributed by atoms with E-state index in [-0.39, 0.29) is 18.2 Å². The summed E-state index contributed by atoms with van der Waals surface area (Å²) in [7, 11) is 0. The molecule has 11 heavy (non-hydrogen) atoms. The lowest BCUT2D eigenvalue weighted by Crippen LogP contribution is -2.42. The molecule has 0 spiro atoms. The second-order valence-corrected chi connectivity index (χ2v) is 2.93. The highest BCUT2D eigenvalue weighted by atomic mass is 16.4. The van der Waals surface area contributed by atoms with Gasteiger partial charge in [0.1, 0.15) is 0 Å². The Labute approximate surface area is 64.6 Å². The van der Waals surface area contributed by atoms with Crippen LogP contribution in [-0.4, -0.2) is 23.5 Å². The molecule has 1 rings (SSSR count). The van der Waals surface area contributed by atoms with E-state index >= 15 is 0 Å². The predicted octanol–water partition coefficient (Wildman–Crippen LogP) is -0.157. The number of amides is 1. The predicted molar refractivity (Wildman–Crippen MR) is 37.9 cm³/mol.